The van der Waals surface area contributed by atoms with Crippen molar-refractivity contribution < 1.29 is 0 Å². The Morgan fingerprint density at radius 3 is 2.35 bits per heavy atom. The summed E-state index contributed by atoms with van der Waals surface area (Å²) < 4.78 is 1.18. The van der Waals surface area contributed by atoms with Gasteiger partial charge in [0, 0.05) is 22.5 Å². The molecule has 17 heavy (non-hydrogen) atoms. The van der Waals surface area contributed by atoms with Gasteiger partial charge in [0.2, 0.25) is 0 Å². The van der Waals surface area contributed by atoms with Crippen molar-refractivity contribution >= 4 is 15.9 Å². The van der Waals surface area contributed by atoms with Gasteiger partial charge < -0.3 is 5.32 Å². The van der Waals surface area contributed by atoms with Crippen molar-refractivity contribution in [2.24, 2.45) is 0 Å². The molecule has 2 heteroatoms. The minimum Gasteiger partial charge on any atom is -0.313 e. The molecule has 1 N–H and O–H groups in total. The summed E-state index contributed by atoms with van der Waals surface area (Å²) in [7, 11) is 0. The highest BCUT2D eigenvalue weighted by Crippen LogP contribution is 2.41. The van der Waals surface area contributed by atoms with E-state index in [4.69, 9.17) is 0 Å². The van der Waals surface area contributed by atoms with E-state index in [2.05, 4.69) is 45.5 Å². The first-order chi connectivity index (χ1) is 8.28. The first-order valence-electron chi connectivity index (χ1n) is 6.78. The molecule has 2 fully saturated rings. The zero-order chi connectivity index (χ0) is 11.7. The Hall–Kier alpha value is -0.340. The molecule has 0 atom stereocenters. The summed E-state index contributed by atoms with van der Waals surface area (Å²) >= 11 is 3.53. The fourth-order valence-electron chi connectivity index (χ4n) is 3.05. The molecule has 0 unspecified atom stereocenters. The van der Waals surface area contributed by atoms with Crippen LogP contribution in [0.3, 0.4) is 0 Å². The number of hydrogen-bond acceptors (Lipinski definition) is 1. The molecule has 0 aromatic heterocycles. The number of rotatable bonds is 4. The van der Waals surface area contributed by atoms with Gasteiger partial charge in [0.05, 0.1) is 0 Å². The van der Waals surface area contributed by atoms with E-state index in [1.54, 1.807) is 0 Å². The average Bonchev–Trinajstić information content (AvgIpc) is 3.06. The molecule has 3 rings (SSSR count). The predicted molar refractivity (Wildman–Crippen MR) is 75.3 cm³/mol. The highest BCUT2D eigenvalue weighted by molar-refractivity contribution is 9.10. The van der Waals surface area contributed by atoms with Crippen LogP contribution in [0.2, 0.25) is 0 Å². The van der Waals surface area contributed by atoms with Gasteiger partial charge in [0.1, 0.15) is 0 Å². The van der Waals surface area contributed by atoms with Gasteiger partial charge in [-0.1, -0.05) is 40.9 Å². The van der Waals surface area contributed by atoms with Crippen molar-refractivity contribution in [3.05, 3.63) is 34.3 Å². The molecule has 2 aliphatic carbocycles. The monoisotopic (exact) mass is 293 g/mol. The van der Waals surface area contributed by atoms with Crippen LogP contribution in [0.4, 0.5) is 0 Å². The fourth-order valence-corrected chi connectivity index (χ4v) is 3.31. The zero-order valence-corrected chi connectivity index (χ0v) is 11.8. The molecule has 0 aliphatic heterocycles. The second-order valence-electron chi connectivity index (χ2n) is 5.65. The first kappa shape index (κ1) is 11.7. The van der Waals surface area contributed by atoms with Gasteiger partial charge in [0.25, 0.3) is 0 Å². The molecule has 0 amide bonds. The van der Waals surface area contributed by atoms with E-state index in [-0.39, 0.29) is 0 Å². The summed E-state index contributed by atoms with van der Waals surface area (Å²) in [4.78, 5) is 0. The summed E-state index contributed by atoms with van der Waals surface area (Å²) in [6.07, 6.45) is 8.26. The van der Waals surface area contributed by atoms with Gasteiger partial charge in [-0.05, 0) is 43.4 Å². The van der Waals surface area contributed by atoms with Gasteiger partial charge in [-0.15, -0.1) is 0 Å². The van der Waals surface area contributed by atoms with Gasteiger partial charge >= 0.3 is 0 Å². The first-order valence-corrected chi connectivity index (χ1v) is 7.57. The van der Waals surface area contributed by atoms with E-state index >= 15 is 0 Å². The summed E-state index contributed by atoms with van der Waals surface area (Å²) in [6, 6.07) is 9.82. The lowest BCUT2D eigenvalue weighted by molar-refractivity contribution is 0.403. The number of hydrogen-bond donors (Lipinski definition) is 1. The zero-order valence-electron chi connectivity index (χ0n) is 10.2. The third-order valence-electron chi connectivity index (χ3n) is 4.32. The highest BCUT2D eigenvalue weighted by Gasteiger charge is 2.36. The normalized spacial score (nSPS) is 22.9. The van der Waals surface area contributed by atoms with Crippen molar-refractivity contribution in [1.82, 2.24) is 5.32 Å². The molecule has 92 valence electrons. The molecule has 0 radical (unpaired) electrons. The lowest BCUT2D eigenvalue weighted by Gasteiger charge is -2.30. The molecule has 1 aromatic carbocycles. The topological polar surface area (TPSA) is 12.0 Å². The van der Waals surface area contributed by atoms with Crippen molar-refractivity contribution in [3.8, 4) is 0 Å². The van der Waals surface area contributed by atoms with Gasteiger partial charge in [0.15, 0.2) is 0 Å². The van der Waals surface area contributed by atoms with Gasteiger partial charge in [-0.3, -0.25) is 0 Å². The molecule has 0 heterocycles. The number of benzene rings is 1. The molecule has 0 spiro atoms. The second kappa shape index (κ2) is 4.74. The van der Waals surface area contributed by atoms with Crippen LogP contribution in [-0.4, -0.2) is 12.6 Å². The van der Waals surface area contributed by atoms with Crippen LogP contribution in [0.1, 0.15) is 44.1 Å². The summed E-state index contributed by atoms with van der Waals surface area (Å²) in [5, 5.41) is 3.74. The SMILES string of the molecule is Brc1ccc(C2(CNC3CC3)CCCC2)cc1. The molecule has 0 saturated heterocycles. The standard InChI is InChI=1S/C15H20BrN/c16-13-5-3-12(4-6-13)15(9-1-2-10-15)11-17-14-7-8-14/h3-6,14,17H,1-2,7-11H2. The Labute approximate surface area is 112 Å². The Morgan fingerprint density at radius 2 is 1.76 bits per heavy atom. The van der Waals surface area contributed by atoms with Crippen LogP contribution in [0.25, 0.3) is 0 Å². The Balaban J connectivity index is 1.79. The highest BCUT2D eigenvalue weighted by atomic mass is 79.9. The Morgan fingerprint density at radius 1 is 1.12 bits per heavy atom. The second-order valence-corrected chi connectivity index (χ2v) is 6.57. The maximum Gasteiger partial charge on any atom is 0.0175 e. The maximum absolute atomic E-state index is 3.74. The Bertz CT molecular complexity index is 374. The molecular formula is C15H20BrN. The summed E-state index contributed by atoms with van der Waals surface area (Å²) in [6.45, 7) is 1.18. The predicted octanol–water partition coefficient (Wildman–Crippen LogP) is 4.01. The third-order valence-corrected chi connectivity index (χ3v) is 4.85. The Kier molecular flexibility index (Phi) is 3.27. The largest absolute Gasteiger partial charge is 0.313 e. The van der Waals surface area contributed by atoms with Crippen LogP contribution in [0, 0.1) is 0 Å². The van der Waals surface area contributed by atoms with E-state index in [9.17, 15) is 0 Å². The summed E-state index contributed by atoms with van der Waals surface area (Å²) in [5.74, 6) is 0. The van der Waals surface area contributed by atoms with Crippen LogP contribution in [0.5, 0.6) is 0 Å². The van der Waals surface area contributed by atoms with E-state index in [1.165, 1.54) is 55.1 Å². The molecule has 1 nitrogen and oxygen atoms in total. The van der Waals surface area contributed by atoms with Crippen molar-refractivity contribution in [2.45, 2.75) is 50.0 Å². The molecule has 0 bridgehead atoms. The maximum atomic E-state index is 3.74. The van der Waals surface area contributed by atoms with Gasteiger partial charge in [-0.2, -0.15) is 0 Å². The minimum atomic E-state index is 0.420. The minimum absolute atomic E-state index is 0.420. The van der Waals surface area contributed by atoms with Crippen molar-refractivity contribution in [1.29, 1.82) is 0 Å². The smallest absolute Gasteiger partial charge is 0.0175 e. The van der Waals surface area contributed by atoms with Crippen LogP contribution >= 0.6 is 15.9 Å². The fraction of sp³-hybridized carbons (Fsp3) is 0.600. The lowest BCUT2D eigenvalue weighted by Crippen LogP contribution is -2.36. The quantitative estimate of drug-likeness (QED) is 0.884. The molecular weight excluding hydrogens is 274 g/mol. The molecule has 2 saturated carbocycles. The van der Waals surface area contributed by atoms with Crippen LogP contribution in [-0.2, 0) is 5.41 Å². The van der Waals surface area contributed by atoms with Gasteiger partial charge in [-0.25, -0.2) is 0 Å². The van der Waals surface area contributed by atoms with E-state index in [1.807, 2.05) is 0 Å². The van der Waals surface area contributed by atoms with E-state index < -0.39 is 0 Å². The summed E-state index contributed by atoms with van der Waals surface area (Å²) in [5.41, 5.74) is 1.95. The van der Waals surface area contributed by atoms with E-state index in [0.717, 1.165) is 6.04 Å². The lowest BCUT2D eigenvalue weighted by atomic mass is 9.79. The van der Waals surface area contributed by atoms with Crippen molar-refractivity contribution in [3.63, 3.8) is 0 Å². The number of halogens is 1. The third kappa shape index (κ3) is 2.58. The number of nitrogens with one attached hydrogen (secondary N) is 1. The van der Waals surface area contributed by atoms with Crippen LogP contribution < -0.4 is 5.32 Å². The van der Waals surface area contributed by atoms with Crippen LogP contribution in [0.15, 0.2) is 28.7 Å². The average molecular weight is 294 g/mol. The van der Waals surface area contributed by atoms with Crippen molar-refractivity contribution in [2.75, 3.05) is 6.54 Å². The molecule has 1 aromatic rings. The van der Waals surface area contributed by atoms with E-state index in [0.29, 0.717) is 5.41 Å². The molecule has 2 aliphatic rings.